The lowest BCUT2D eigenvalue weighted by molar-refractivity contribution is -0.0542. The van der Waals surface area contributed by atoms with Crippen LogP contribution in [-0.4, -0.2) is 35.9 Å². The predicted octanol–water partition coefficient (Wildman–Crippen LogP) is 3.81. The van der Waals surface area contributed by atoms with Gasteiger partial charge < -0.3 is 19.8 Å². The molecule has 154 valence electrons. The molecule has 1 aromatic carbocycles. The van der Waals surface area contributed by atoms with Gasteiger partial charge in [0.15, 0.2) is 0 Å². The smallest absolute Gasteiger partial charge is 0.270 e. The number of aromatic nitrogens is 1. The summed E-state index contributed by atoms with van der Waals surface area (Å²) in [6.07, 6.45) is -0.307. The van der Waals surface area contributed by atoms with Crippen LogP contribution >= 0.6 is 11.3 Å². The van der Waals surface area contributed by atoms with E-state index in [1.807, 2.05) is 6.92 Å². The van der Waals surface area contributed by atoms with E-state index in [2.05, 4.69) is 15.6 Å². The van der Waals surface area contributed by atoms with E-state index in [1.165, 1.54) is 11.3 Å². The van der Waals surface area contributed by atoms with Gasteiger partial charge in [-0.1, -0.05) is 0 Å². The molecule has 1 unspecified atom stereocenters. The first kappa shape index (κ1) is 19.8. The minimum atomic E-state index is -2.95. The Labute approximate surface area is 170 Å². The Bertz CT molecular complexity index is 1050. The number of hydrogen-bond acceptors (Lipinski definition) is 6. The van der Waals surface area contributed by atoms with Gasteiger partial charge in [0.25, 0.3) is 11.8 Å². The average Bonchev–Trinajstić information content (AvgIpc) is 3.23. The van der Waals surface area contributed by atoms with Crippen LogP contribution < -0.4 is 15.4 Å². The van der Waals surface area contributed by atoms with Crippen LogP contribution in [0.15, 0.2) is 28.1 Å². The first-order chi connectivity index (χ1) is 13.8. The fraction of sp³-hybridized carbons (Fsp3) is 0.400. The molecule has 1 saturated heterocycles. The number of benzene rings is 1. The van der Waals surface area contributed by atoms with Crippen LogP contribution in [0.2, 0.25) is 0 Å². The quantitative estimate of drug-likeness (QED) is 0.655. The summed E-state index contributed by atoms with van der Waals surface area (Å²) in [4.78, 5) is 18.0. The van der Waals surface area contributed by atoms with Gasteiger partial charge in [0.1, 0.15) is 29.7 Å². The van der Waals surface area contributed by atoms with E-state index in [0.717, 1.165) is 10.6 Å². The third-order valence-electron chi connectivity index (χ3n) is 5.08. The molecular weight excluding hydrogens is 400 g/mol. The maximum absolute atomic E-state index is 14.1. The molecule has 1 aliphatic heterocycles. The summed E-state index contributed by atoms with van der Waals surface area (Å²) in [7, 11) is 0. The topological polar surface area (TPSA) is 76.4 Å². The van der Waals surface area contributed by atoms with Crippen molar-refractivity contribution in [3.8, 4) is 5.75 Å². The van der Waals surface area contributed by atoms with E-state index in [0.29, 0.717) is 29.1 Å². The van der Waals surface area contributed by atoms with Gasteiger partial charge in [0.05, 0.1) is 21.6 Å². The molecule has 29 heavy (non-hydrogen) atoms. The van der Waals surface area contributed by atoms with Gasteiger partial charge in [0, 0.05) is 24.9 Å². The molecule has 9 heteroatoms. The van der Waals surface area contributed by atoms with Crippen LogP contribution in [0.1, 0.15) is 33.1 Å². The number of piperidine rings is 1. The minimum Gasteiger partial charge on any atom is -0.488 e. The van der Waals surface area contributed by atoms with E-state index in [4.69, 9.17) is 9.15 Å². The lowest BCUT2D eigenvalue weighted by Gasteiger charge is -2.32. The van der Waals surface area contributed by atoms with E-state index in [-0.39, 0.29) is 25.1 Å². The van der Waals surface area contributed by atoms with Gasteiger partial charge in [-0.3, -0.25) is 4.79 Å². The zero-order chi connectivity index (χ0) is 20.6. The number of hydrogen-bond donors (Lipinski definition) is 2. The molecule has 4 rings (SSSR count). The lowest BCUT2D eigenvalue weighted by Crippen LogP contribution is -2.57. The molecule has 3 aromatic rings. The van der Waals surface area contributed by atoms with Crippen LogP contribution in [0.5, 0.6) is 5.75 Å². The zero-order valence-corrected chi connectivity index (χ0v) is 16.9. The van der Waals surface area contributed by atoms with Gasteiger partial charge in [-0.2, -0.15) is 0 Å². The van der Waals surface area contributed by atoms with Gasteiger partial charge in [-0.05, 0) is 32.0 Å². The van der Waals surface area contributed by atoms with Crippen LogP contribution in [0, 0.1) is 13.8 Å². The van der Waals surface area contributed by atoms with E-state index in [9.17, 15) is 13.6 Å². The largest absolute Gasteiger partial charge is 0.488 e. The zero-order valence-electron chi connectivity index (χ0n) is 16.1. The fourth-order valence-corrected chi connectivity index (χ4v) is 4.09. The molecule has 3 heterocycles. The molecule has 2 N–H and O–H groups in total. The molecule has 1 atom stereocenters. The normalized spacial score (nSPS) is 18.7. The second-order valence-corrected chi connectivity index (χ2v) is 8.02. The van der Waals surface area contributed by atoms with Crippen molar-refractivity contribution in [1.29, 1.82) is 0 Å². The number of carbonyl (C=O) groups is 1. The summed E-state index contributed by atoms with van der Waals surface area (Å²) >= 11 is 1.51. The summed E-state index contributed by atoms with van der Waals surface area (Å²) in [5, 5.41) is 5.89. The number of halogens is 2. The van der Waals surface area contributed by atoms with Crippen LogP contribution in [0.25, 0.3) is 11.0 Å². The Kier molecular flexibility index (Phi) is 5.26. The number of rotatable bonds is 5. The second kappa shape index (κ2) is 7.72. The SMILES string of the molecule is Cc1ncsc1COc1ccc2oc(C)c(C(=O)NC3CNCCC3(F)F)c2c1. The number of alkyl halides is 2. The first-order valence-electron chi connectivity index (χ1n) is 9.29. The average molecular weight is 421 g/mol. The summed E-state index contributed by atoms with van der Waals surface area (Å²) < 4.78 is 39.7. The highest BCUT2D eigenvalue weighted by atomic mass is 32.1. The molecule has 0 saturated carbocycles. The maximum atomic E-state index is 14.1. The molecule has 0 radical (unpaired) electrons. The summed E-state index contributed by atoms with van der Waals surface area (Å²) in [6, 6.07) is 3.91. The number of ether oxygens (including phenoxy) is 1. The summed E-state index contributed by atoms with van der Waals surface area (Å²) in [5.41, 5.74) is 3.43. The Morgan fingerprint density at radius 1 is 1.45 bits per heavy atom. The van der Waals surface area contributed by atoms with Crippen molar-refractivity contribution in [2.75, 3.05) is 13.1 Å². The molecular formula is C20H21F2N3O3S. The fourth-order valence-electron chi connectivity index (χ4n) is 3.40. The molecule has 1 fully saturated rings. The molecule has 1 amide bonds. The van der Waals surface area contributed by atoms with Crippen LogP contribution in [0.4, 0.5) is 8.78 Å². The Balaban J connectivity index is 1.57. The van der Waals surface area contributed by atoms with E-state index >= 15 is 0 Å². The third-order valence-corrected chi connectivity index (χ3v) is 5.98. The monoisotopic (exact) mass is 421 g/mol. The molecule has 2 aromatic heterocycles. The van der Waals surface area contributed by atoms with Crippen molar-refractivity contribution >= 4 is 28.2 Å². The summed E-state index contributed by atoms with van der Waals surface area (Å²) in [5.74, 6) is -2.59. The number of furan rings is 1. The van der Waals surface area contributed by atoms with E-state index < -0.39 is 17.9 Å². The minimum absolute atomic E-state index is 0.0239. The molecule has 1 aliphatic rings. The van der Waals surface area contributed by atoms with Crippen molar-refractivity contribution in [3.05, 3.63) is 45.6 Å². The van der Waals surface area contributed by atoms with Gasteiger partial charge in [-0.15, -0.1) is 11.3 Å². The van der Waals surface area contributed by atoms with Crippen molar-refractivity contribution in [2.45, 2.75) is 38.8 Å². The highest BCUT2D eigenvalue weighted by Crippen LogP contribution is 2.31. The van der Waals surface area contributed by atoms with Gasteiger partial charge >= 0.3 is 0 Å². The maximum Gasteiger partial charge on any atom is 0.270 e. The van der Waals surface area contributed by atoms with Crippen molar-refractivity contribution in [1.82, 2.24) is 15.6 Å². The van der Waals surface area contributed by atoms with Crippen molar-refractivity contribution in [3.63, 3.8) is 0 Å². The highest BCUT2D eigenvalue weighted by Gasteiger charge is 2.42. The summed E-state index contributed by atoms with van der Waals surface area (Å²) in [6.45, 7) is 4.17. The molecule has 0 bridgehead atoms. The number of fused-ring (bicyclic) bond motifs is 1. The number of nitrogens with zero attached hydrogens (tertiary/aromatic N) is 1. The Hall–Kier alpha value is -2.52. The predicted molar refractivity (Wildman–Crippen MR) is 106 cm³/mol. The Morgan fingerprint density at radius 2 is 2.28 bits per heavy atom. The first-order valence-corrected chi connectivity index (χ1v) is 10.2. The van der Waals surface area contributed by atoms with E-state index in [1.54, 1.807) is 30.6 Å². The third kappa shape index (κ3) is 3.97. The Morgan fingerprint density at radius 3 is 3.00 bits per heavy atom. The number of carbonyl (C=O) groups excluding carboxylic acids is 1. The van der Waals surface area contributed by atoms with Crippen LogP contribution in [-0.2, 0) is 6.61 Å². The van der Waals surface area contributed by atoms with Crippen LogP contribution in [0.3, 0.4) is 0 Å². The standard InChI is InChI=1S/C20H21F2N3O3S/c1-11-16(29-10-24-11)9-27-13-3-4-15-14(7-13)18(12(2)28-15)19(26)25-17-8-23-6-5-20(17,21)22/h3-4,7,10,17,23H,5-6,8-9H2,1-2H3,(H,25,26). The number of aryl methyl sites for hydroxylation is 2. The molecule has 0 spiro atoms. The van der Waals surface area contributed by atoms with Crippen molar-refractivity contribution in [2.24, 2.45) is 0 Å². The molecule has 0 aliphatic carbocycles. The molecule has 6 nitrogen and oxygen atoms in total. The highest BCUT2D eigenvalue weighted by molar-refractivity contribution is 7.09. The lowest BCUT2D eigenvalue weighted by atomic mass is 10.0. The second-order valence-electron chi connectivity index (χ2n) is 7.08. The number of thiazole rings is 1. The number of amides is 1. The number of nitrogens with one attached hydrogen (secondary N) is 2. The van der Waals surface area contributed by atoms with Crippen molar-refractivity contribution < 1.29 is 22.7 Å². The van der Waals surface area contributed by atoms with Gasteiger partial charge in [0.2, 0.25) is 0 Å². The van der Waals surface area contributed by atoms with Gasteiger partial charge in [-0.25, -0.2) is 13.8 Å².